The molecule has 0 aliphatic rings. The van der Waals surface area contributed by atoms with E-state index in [4.69, 9.17) is 9.84 Å². The van der Waals surface area contributed by atoms with Crippen LogP contribution >= 0.6 is 0 Å². The average molecular weight is 273 g/mol. The topological polar surface area (TPSA) is 59.4 Å². The number of halogens is 1. The maximum absolute atomic E-state index is 13.5. The lowest BCUT2D eigenvalue weighted by atomic mass is 10.2. The smallest absolute Gasteiger partial charge is 0.328 e. The van der Waals surface area contributed by atoms with E-state index in [1.54, 1.807) is 25.1 Å². The van der Waals surface area contributed by atoms with E-state index >= 15 is 0 Å². The number of rotatable bonds is 4. The molecule has 0 saturated carbocycles. The fourth-order valence-corrected chi connectivity index (χ4v) is 1.58. The molecule has 0 spiro atoms. The van der Waals surface area contributed by atoms with E-state index < -0.39 is 11.8 Å². The van der Waals surface area contributed by atoms with Gasteiger partial charge in [-0.15, -0.1) is 0 Å². The summed E-state index contributed by atoms with van der Waals surface area (Å²) in [7, 11) is 0. The highest BCUT2D eigenvalue weighted by molar-refractivity contribution is 5.85. The zero-order valence-electron chi connectivity index (χ0n) is 10.7. The maximum atomic E-state index is 13.5. The summed E-state index contributed by atoms with van der Waals surface area (Å²) in [5.74, 6) is -1.13. The molecule has 5 heteroatoms. The number of aromatic nitrogens is 1. The molecule has 0 atom stereocenters. The quantitative estimate of drug-likeness (QED) is 0.867. The van der Waals surface area contributed by atoms with Crippen LogP contribution in [-0.4, -0.2) is 16.1 Å². The molecule has 0 bridgehead atoms. The highest BCUT2D eigenvalue weighted by atomic mass is 19.1. The Labute approximate surface area is 115 Å². The average Bonchev–Trinajstić information content (AvgIpc) is 2.41. The van der Waals surface area contributed by atoms with Crippen LogP contribution in [0.2, 0.25) is 0 Å². The first-order chi connectivity index (χ1) is 9.56. The van der Waals surface area contributed by atoms with Crippen LogP contribution in [0, 0.1) is 12.7 Å². The molecule has 0 unspecified atom stereocenters. The van der Waals surface area contributed by atoms with Gasteiger partial charge in [-0.1, -0.05) is 12.1 Å². The van der Waals surface area contributed by atoms with Crippen molar-refractivity contribution in [3.05, 3.63) is 59.5 Å². The zero-order valence-corrected chi connectivity index (χ0v) is 10.7. The van der Waals surface area contributed by atoms with Crippen LogP contribution in [0.4, 0.5) is 4.39 Å². The third-order valence-electron chi connectivity index (χ3n) is 2.51. The van der Waals surface area contributed by atoms with Crippen molar-refractivity contribution in [3.8, 4) is 11.6 Å². The first-order valence-electron chi connectivity index (χ1n) is 5.86. The number of carboxylic acid groups (broad SMARTS) is 1. The van der Waals surface area contributed by atoms with E-state index in [2.05, 4.69) is 4.98 Å². The molecule has 1 aromatic heterocycles. The minimum absolute atomic E-state index is 0.0944. The first-order valence-corrected chi connectivity index (χ1v) is 5.86. The van der Waals surface area contributed by atoms with Gasteiger partial charge in [-0.05, 0) is 36.8 Å². The lowest BCUT2D eigenvalue weighted by Gasteiger charge is -2.08. The van der Waals surface area contributed by atoms with Crippen LogP contribution in [-0.2, 0) is 4.79 Å². The van der Waals surface area contributed by atoms with Crippen LogP contribution in [0.1, 0.15) is 11.1 Å². The summed E-state index contributed by atoms with van der Waals surface area (Å²) >= 11 is 0. The second-order valence-electron chi connectivity index (χ2n) is 4.09. The van der Waals surface area contributed by atoms with Crippen LogP contribution in [0.5, 0.6) is 11.6 Å². The molecule has 1 N–H and O–H groups in total. The number of para-hydroxylation sites is 1. The zero-order chi connectivity index (χ0) is 14.5. The Balaban J connectivity index is 2.22. The number of benzene rings is 1. The van der Waals surface area contributed by atoms with Gasteiger partial charge in [0.2, 0.25) is 5.88 Å². The van der Waals surface area contributed by atoms with Crippen molar-refractivity contribution in [2.24, 2.45) is 0 Å². The number of pyridine rings is 1. The largest absolute Gasteiger partial charge is 0.478 e. The Hall–Kier alpha value is -2.69. The highest BCUT2D eigenvalue weighted by Crippen LogP contribution is 2.25. The number of carbonyl (C=O) groups is 1. The van der Waals surface area contributed by atoms with Crippen LogP contribution in [0.3, 0.4) is 0 Å². The molecule has 0 saturated heterocycles. The van der Waals surface area contributed by atoms with E-state index in [-0.39, 0.29) is 11.6 Å². The predicted molar refractivity (Wildman–Crippen MR) is 72.1 cm³/mol. The number of hydrogen-bond donors (Lipinski definition) is 1. The van der Waals surface area contributed by atoms with Crippen molar-refractivity contribution >= 4 is 12.0 Å². The molecule has 20 heavy (non-hydrogen) atoms. The summed E-state index contributed by atoms with van der Waals surface area (Å²) in [6.07, 6.45) is 3.91. The molecule has 1 heterocycles. The summed E-state index contributed by atoms with van der Waals surface area (Å²) in [6.45, 7) is 1.75. The lowest BCUT2D eigenvalue weighted by molar-refractivity contribution is -0.131. The summed E-state index contributed by atoms with van der Waals surface area (Å²) in [4.78, 5) is 14.5. The number of nitrogens with zero attached hydrogens (tertiary/aromatic N) is 1. The number of hydrogen-bond acceptors (Lipinski definition) is 3. The van der Waals surface area contributed by atoms with E-state index in [9.17, 15) is 9.18 Å². The second kappa shape index (κ2) is 5.97. The normalized spacial score (nSPS) is 10.7. The lowest BCUT2D eigenvalue weighted by Crippen LogP contribution is -1.94. The number of ether oxygens (including phenoxy) is 1. The van der Waals surface area contributed by atoms with Gasteiger partial charge in [-0.3, -0.25) is 0 Å². The van der Waals surface area contributed by atoms with Crippen LogP contribution in [0.15, 0.2) is 42.6 Å². The first kappa shape index (κ1) is 13.7. The molecule has 2 aromatic rings. The monoisotopic (exact) mass is 273 g/mol. The van der Waals surface area contributed by atoms with E-state index in [0.717, 1.165) is 6.08 Å². The third kappa shape index (κ3) is 3.41. The second-order valence-corrected chi connectivity index (χ2v) is 4.09. The van der Waals surface area contributed by atoms with E-state index in [1.165, 1.54) is 24.4 Å². The summed E-state index contributed by atoms with van der Waals surface area (Å²) in [5, 5.41) is 8.55. The molecule has 0 fully saturated rings. The fraction of sp³-hybridized carbons (Fsp3) is 0.0667. The van der Waals surface area contributed by atoms with Crippen molar-refractivity contribution in [1.82, 2.24) is 4.98 Å². The molecular weight excluding hydrogens is 261 g/mol. The van der Waals surface area contributed by atoms with Crippen molar-refractivity contribution in [2.45, 2.75) is 6.92 Å². The Bertz CT molecular complexity index is 668. The van der Waals surface area contributed by atoms with Crippen molar-refractivity contribution in [2.75, 3.05) is 0 Å². The molecule has 0 amide bonds. The molecule has 0 aliphatic heterocycles. The predicted octanol–water partition coefficient (Wildman–Crippen LogP) is 3.42. The van der Waals surface area contributed by atoms with E-state index in [1.807, 2.05) is 0 Å². The summed E-state index contributed by atoms with van der Waals surface area (Å²) in [5.41, 5.74) is 1.31. The fourth-order valence-electron chi connectivity index (χ4n) is 1.58. The van der Waals surface area contributed by atoms with Gasteiger partial charge in [0.1, 0.15) is 0 Å². The van der Waals surface area contributed by atoms with Gasteiger partial charge in [-0.25, -0.2) is 14.2 Å². The summed E-state index contributed by atoms with van der Waals surface area (Å²) in [6, 6.07) is 7.76. The van der Waals surface area contributed by atoms with Gasteiger partial charge in [-0.2, -0.15) is 0 Å². The SMILES string of the molecule is Cc1cc(/C=C/C(=O)O)cnc1Oc1ccccc1F. The van der Waals surface area contributed by atoms with Gasteiger partial charge < -0.3 is 9.84 Å². The number of aryl methyl sites for hydroxylation is 1. The standard InChI is InChI=1S/C15H12FNO3/c1-10-8-11(6-7-14(18)19)9-17-15(10)20-13-5-3-2-4-12(13)16/h2-9H,1H3,(H,18,19)/b7-6+. The molecule has 102 valence electrons. The van der Waals surface area contributed by atoms with Crippen LogP contribution < -0.4 is 4.74 Å². The minimum atomic E-state index is -1.03. The van der Waals surface area contributed by atoms with Gasteiger partial charge in [0, 0.05) is 17.8 Å². The Kier molecular flexibility index (Phi) is 4.10. The molecule has 1 aromatic carbocycles. The van der Waals surface area contributed by atoms with Crippen molar-refractivity contribution < 1.29 is 19.0 Å². The molecular formula is C15H12FNO3. The Morgan fingerprint density at radius 2 is 2.15 bits per heavy atom. The molecule has 4 nitrogen and oxygen atoms in total. The minimum Gasteiger partial charge on any atom is -0.478 e. The molecule has 0 aliphatic carbocycles. The third-order valence-corrected chi connectivity index (χ3v) is 2.51. The van der Waals surface area contributed by atoms with Gasteiger partial charge in [0.25, 0.3) is 0 Å². The summed E-state index contributed by atoms with van der Waals surface area (Å²) < 4.78 is 18.9. The van der Waals surface area contributed by atoms with Gasteiger partial charge in [0.15, 0.2) is 11.6 Å². The Morgan fingerprint density at radius 3 is 2.80 bits per heavy atom. The molecule has 2 rings (SSSR count). The molecule has 0 radical (unpaired) electrons. The highest BCUT2D eigenvalue weighted by Gasteiger charge is 2.07. The van der Waals surface area contributed by atoms with Crippen LogP contribution in [0.25, 0.3) is 6.08 Å². The van der Waals surface area contributed by atoms with Crippen molar-refractivity contribution in [1.29, 1.82) is 0 Å². The maximum Gasteiger partial charge on any atom is 0.328 e. The van der Waals surface area contributed by atoms with Gasteiger partial charge >= 0.3 is 5.97 Å². The van der Waals surface area contributed by atoms with Crippen molar-refractivity contribution in [3.63, 3.8) is 0 Å². The Morgan fingerprint density at radius 1 is 1.40 bits per heavy atom. The number of carboxylic acids is 1. The van der Waals surface area contributed by atoms with E-state index in [0.29, 0.717) is 11.1 Å². The number of aliphatic carboxylic acids is 1. The van der Waals surface area contributed by atoms with Gasteiger partial charge in [0.05, 0.1) is 0 Å².